The molecule has 0 amide bonds. The first-order valence-corrected chi connectivity index (χ1v) is 13.9. The normalized spacial score (nSPS) is 13.1. The first-order chi connectivity index (χ1) is 17.6. The number of benzene rings is 2. The van der Waals surface area contributed by atoms with Crippen LogP contribution in [0.15, 0.2) is 57.1 Å². The zero-order valence-electron chi connectivity index (χ0n) is 21.7. The molecule has 38 heavy (non-hydrogen) atoms. The van der Waals surface area contributed by atoms with E-state index in [0.717, 1.165) is 11.1 Å². The molecule has 0 aliphatic heterocycles. The van der Waals surface area contributed by atoms with Crippen molar-refractivity contribution in [2.24, 2.45) is 20.7 Å². The summed E-state index contributed by atoms with van der Waals surface area (Å²) < 4.78 is 72.8. The third-order valence-corrected chi connectivity index (χ3v) is 5.52. The van der Waals surface area contributed by atoms with E-state index in [1.54, 1.807) is 52.5 Å². The van der Waals surface area contributed by atoms with Gasteiger partial charge in [0.05, 0.1) is 0 Å². The standard InChI is InChI=1S/C22H30N6O8S2/c1-7-17(15-9-11-21(35-37(29,30)31)19(13-15)23-25-27(3)4)18(8-2)16-10-12-22(36-38(32,33)34)20(14-16)24-26-28(5)6/h9-14H,7-8H2,1-6H3,(H,29,30,31)(H,32,33,34)/b18-17+,25-23?,26-24?. The molecule has 14 nitrogen and oxygen atoms in total. The summed E-state index contributed by atoms with van der Waals surface area (Å²) in [6.07, 6.45) is 1.09. The van der Waals surface area contributed by atoms with E-state index in [2.05, 4.69) is 29.0 Å². The van der Waals surface area contributed by atoms with E-state index in [9.17, 15) is 16.8 Å². The molecule has 0 heterocycles. The molecule has 0 saturated heterocycles. The predicted octanol–water partition coefficient (Wildman–Crippen LogP) is 4.90. The minimum absolute atomic E-state index is 0.0626. The van der Waals surface area contributed by atoms with Gasteiger partial charge in [-0.1, -0.05) is 36.4 Å². The van der Waals surface area contributed by atoms with Crippen molar-refractivity contribution in [3.63, 3.8) is 0 Å². The molecule has 2 N–H and O–H groups in total. The SMILES string of the molecule is CC/C(=C(/CC)c1ccc(OS(=O)(=O)O)c(N=NN(C)C)c1)c1ccc(OS(=O)(=O)O)c(N=NN(C)C)c1. The number of hydrogen-bond donors (Lipinski definition) is 2. The smallest absolute Gasteiger partial charge is 0.359 e. The first-order valence-electron chi connectivity index (χ1n) is 11.2. The minimum atomic E-state index is -4.80. The molecule has 0 unspecified atom stereocenters. The Kier molecular flexibility index (Phi) is 10.3. The topological polar surface area (TPSA) is 183 Å². The Bertz CT molecular complexity index is 1340. The van der Waals surface area contributed by atoms with Gasteiger partial charge in [-0.2, -0.15) is 16.8 Å². The lowest BCUT2D eigenvalue weighted by atomic mass is 9.90. The van der Waals surface area contributed by atoms with Crippen LogP contribution in [0.1, 0.15) is 37.8 Å². The van der Waals surface area contributed by atoms with Crippen LogP contribution in [0.3, 0.4) is 0 Å². The molecule has 0 saturated carbocycles. The van der Waals surface area contributed by atoms with Crippen LogP contribution in [0.2, 0.25) is 0 Å². The summed E-state index contributed by atoms with van der Waals surface area (Å²) in [6, 6.07) is 9.10. The molecule has 0 aliphatic carbocycles. The van der Waals surface area contributed by atoms with Crippen molar-refractivity contribution in [3.8, 4) is 11.5 Å². The van der Waals surface area contributed by atoms with Crippen molar-refractivity contribution in [2.45, 2.75) is 26.7 Å². The monoisotopic (exact) mass is 570 g/mol. The zero-order valence-corrected chi connectivity index (χ0v) is 23.4. The van der Waals surface area contributed by atoms with E-state index < -0.39 is 20.8 Å². The average molecular weight is 571 g/mol. The summed E-state index contributed by atoms with van der Waals surface area (Å²) >= 11 is 0. The number of rotatable bonds is 12. The van der Waals surface area contributed by atoms with Gasteiger partial charge >= 0.3 is 20.8 Å². The van der Waals surface area contributed by atoms with Gasteiger partial charge in [-0.15, -0.1) is 10.2 Å². The van der Waals surface area contributed by atoms with Crippen LogP contribution in [0.4, 0.5) is 11.4 Å². The van der Waals surface area contributed by atoms with Crippen LogP contribution in [-0.4, -0.2) is 64.1 Å². The average Bonchev–Trinajstić information content (AvgIpc) is 2.79. The maximum Gasteiger partial charge on any atom is 0.446 e. The highest BCUT2D eigenvalue weighted by atomic mass is 32.3. The fraction of sp³-hybridized carbons (Fsp3) is 0.364. The van der Waals surface area contributed by atoms with E-state index in [4.69, 9.17) is 9.11 Å². The van der Waals surface area contributed by atoms with Crippen LogP contribution in [0, 0.1) is 0 Å². The third kappa shape index (κ3) is 9.37. The Balaban J connectivity index is 2.74. The second-order valence-electron chi connectivity index (χ2n) is 8.12. The first kappa shape index (κ1) is 30.6. The van der Waals surface area contributed by atoms with Crippen molar-refractivity contribution < 1.29 is 34.3 Å². The summed E-state index contributed by atoms with van der Waals surface area (Å²) in [5.74, 6) is -0.429. The van der Waals surface area contributed by atoms with E-state index >= 15 is 0 Å². The quantitative estimate of drug-likeness (QED) is 0.154. The molecule has 0 atom stereocenters. The van der Waals surface area contributed by atoms with Crippen LogP contribution < -0.4 is 8.37 Å². The Hall–Kier alpha value is -3.60. The van der Waals surface area contributed by atoms with E-state index in [1.165, 1.54) is 22.2 Å². The maximum absolute atomic E-state index is 11.3. The minimum Gasteiger partial charge on any atom is -0.359 e. The highest BCUT2D eigenvalue weighted by Gasteiger charge is 2.18. The molecular formula is C22H30N6O8S2. The molecule has 2 rings (SSSR count). The van der Waals surface area contributed by atoms with Gasteiger partial charge in [0, 0.05) is 28.2 Å². The lowest BCUT2D eigenvalue weighted by Gasteiger charge is -2.16. The van der Waals surface area contributed by atoms with Crippen molar-refractivity contribution in [1.82, 2.24) is 10.0 Å². The van der Waals surface area contributed by atoms with Gasteiger partial charge in [0.1, 0.15) is 11.4 Å². The fourth-order valence-corrected chi connectivity index (χ4v) is 4.13. The lowest BCUT2D eigenvalue weighted by Crippen LogP contribution is -2.07. The highest BCUT2D eigenvalue weighted by Crippen LogP contribution is 2.39. The second-order valence-corrected chi connectivity index (χ2v) is 10.2. The van der Waals surface area contributed by atoms with E-state index in [1.807, 2.05) is 13.8 Å². The van der Waals surface area contributed by atoms with Gasteiger partial charge in [0.25, 0.3) is 0 Å². The molecule has 2 aromatic rings. The summed E-state index contributed by atoms with van der Waals surface area (Å²) in [4.78, 5) is 0. The predicted molar refractivity (Wildman–Crippen MR) is 141 cm³/mol. The molecule has 0 aliphatic rings. The van der Waals surface area contributed by atoms with Gasteiger partial charge in [-0.3, -0.25) is 19.1 Å². The van der Waals surface area contributed by atoms with Crippen molar-refractivity contribution >= 4 is 43.3 Å². The molecule has 2 aromatic carbocycles. The molecule has 0 fully saturated rings. The van der Waals surface area contributed by atoms with Crippen molar-refractivity contribution in [2.75, 3.05) is 28.2 Å². The lowest BCUT2D eigenvalue weighted by molar-refractivity contribution is 0.383. The Labute approximate surface area is 222 Å². The van der Waals surface area contributed by atoms with E-state index in [0.29, 0.717) is 24.0 Å². The molecule has 0 radical (unpaired) electrons. The molecule has 0 spiro atoms. The van der Waals surface area contributed by atoms with Gasteiger partial charge < -0.3 is 8.37 Å². The fourth-order valence-electron chi connectivity index (χ4n) is 3.39. The van der Waals surface area contributed by atoms with Crippen LogP contribution in [0.25, 0.3) is 11.1 Å². The Morgan fingerprint density at radius 3 is 1.32 bits per heavy atom. The molecule has 208 valence electrons. The largest absolute Gasteiger partial charge is 0.446 e. The highest BCUT2D eigenvalue weighted by molar-refractivity contribution is 7.81. The van der Waals surface area contributed by atoms with Gasteiger partial charge in [-0.05, 0) is 59.4 Å². The molecule has 16 heteroatoms. The third-order valence-electron chi connectivity index (χ3n) is 4.74. The van der Waals surface area contributed by atoms with Crippen molar-refractivity contribution in [3.05, 3.63) is 47.5 Å². The number of nitrogens with zero attached hydrogens (tertiary/aromatic N) is 6. The zero-order chi connectivity index (χ0) is 28.7. The van der Waals surface area contributed by atoms with Gasteiger partial charge in [0.2, 0.25) is 0 Å². The summed E-state index contributed by atoms with van der Waals surface area (Å²) in [7, 11) is -3.08. The summed E-state index contributed by atoms with van der Waals surface area (Å²) in [5, 5.41) is 18.6. The summed E-state index contributed by atoms with van der Waals surface area (Å²) in [5.41, 5.74) is 3.18. The Morgan fingerprint density at radius 1 is 0.711 bits per heavy atom. The molecular weight excluding hydrogens is 540 g/mol. The summed E-state index contributed by atoms with van der Waals surface area (Å²) in [6.45, 7) is 3.86. The van der Waals surface area contributed by atoms with E-state index in [-0.39, 0.29) is 22.9 Å². The maximum atomic E-state index is 11.3. The van der Waals surface area contributed by atoms with Crippen LogP contribution in [-0.2, 0) is 20.8 Å². The van der Waals surface area contributed by atoms with Crippen molar-refractivity contribution in [1.29, 1.82) is 0 Å². The Morgan fingerprint density at radius 2 is 1.05 bits per heavy atom. The van der Waals surface area contributed by atoms with Gasteiger partial charge in [-0.25, -0.2) is 0 Å². The van der Waals surface area contributed by atoms with Crippen LogP contribution >= 0.6 is 0 Å². The number of hydrogen-bond acceptors (Lipinski definition) is 10. The second kappa shape index (κ2) is 12.8. The van der Waals surface area contributed by atoms with Crippen LogP contribution in [0.5, 0.6) is 11.5 Å². The molecule has 0 bridgehead atoms. The van der Waals surface area contributed by atoms with Gasteiger partial charge in [0.15, 0.2) is 11.5 Å². The molecule has 0 aromatic heterocycles. The number of allylic oxidation sites excluding steroid dienone is 2.